The molecule has 1 atom stereocenters. The molecule has 121 valence electrons. The van der Waals surface area contributed by atoms with Gasteiger partial charge in [-0.15, -0.1) is 0 Å². The number of hydrogen-bond donors (Lipinski definition) is 1. The largest absolute Gasteiger partial charge is 0.353 e. The number of nitrogens with one attached hydrogen (secondary N) is 1. The summed E-state index contributed by atoms with van der Waals surface area (Å²) in [6.45, 7) is 3.61. The normalized spacial score (nSPS) is 17.1. The molecule has 3 rings (SSSR count). The van der Waals surface area contributed by atoms with Crippen molar-refractivity contribution in [3.8, 4) is 0 Å². The van der Waals surface area contributed by atoms with Gasteiger partial charge >= 0.3 is 0 Å². The molecule has 1 aliphatic rings. The monoisotopic (exact) mass is 334 g/mol. The number of benzene rings is 2. The molecule has 1 aliphatic carbocycles. The Morgan fingerprint density at radius 2 is 1.46 bits per heavy atom. The third-order valence-electron chi connectivity index (χ3n) is 3.98. The lowest BCUT2D eigenvalue weighted by atomic mass is 9.99. The van der Waals surface area contributed by atoms with Crippen molar-refractivity contribution in [2.75, 3.05) is 0 Å². The molecule has 0 heterocycles. The van der Waals surface area contributed by atoms with E-state index in [1.807, 2.05) is 19.1 Å². The molecule has 0 spiro atoms. The van der Waals surface area contributed by atoms with E-state index in [-0.39, 0.29) is 11.9 Å². The molecule has 0 unspecified atom stereocenters. The highest BCUT2D eigenvalue weighted by Crippen LogP contribution is 2.56. The van der Waals surface area contributed by atoms with Crippen molar-refractivity contribution >= 4 is 24.4 Å². The van der Waals surface area contributed by atoms with Gasteiger partial charge in [0, 0.05) is 24.5 Å². The maximum absolute atomic E-state index is 11.5. The summed E-state index contributed by atoms with van der Waals surface area (Å²) in [7, 11) is -0.638. The second kappa shape index (κ2) is 7.94. The molecular formula is C21H21NOP. The van der Waals surface area contributed by atoms with Crippen molar-refractivity contribution in [2.24, 2.45) is 0 Å². The lowest BCUT2D eigenvalue weighted by Crippen LogP contribution is -2.37. The zero-order valence-corrected chi connectivity index (χ0v) is 14.8. The summed E-state index contributed by atoms with van der Waals surface area (Å²) in [5.74, 6) is 1.20. The van der Waals surface area contributed by atoms with Gasteiger partial charge in [-0.05, 0) is 44.7 Å². The second-order valence-corrected chi connectivity index (χ2v) is 7.98. The van der Waals surface area contributed by atoms with E-state index >= 15 is 0 Å². The van der Waals surface area contributed by atoms with E-state index in [4.69, 9.17) is 0 Å². The van der Waals surface area contributed by atoms with Crippen LogP contribution in [0, 0.1) is 30.8 Å². The van der Waals surface area contributed by atoms with E-state index in [1.54, 1.807) is 6.92 Å². The Hall–Kier alpha value is -1.66. The van der Waals surface area contributed by atoms with Gasteiger partial charge in [0.05, 0.1) is 0 Å². The van der Waals surface area contributed by atoms with E-state index < -0.39 is 7.92 Å². The molecule has 2 aromatic carbocycles. The Morgan fingerprint density at radius 3 is 1.96 bits per heavy atom. The van der Waals surface area contributed by atoms with Crippen LogP contribution in [0.25, 0.3) is 0 Å². The zero-order valence-electron chi connectivity index (χ0n) is 13.9. The summed E-state index contributed by atoms with van der Waals surface area (Å²) in [4.78, 5) is 11.5. The van der Waals surface area contributed by atoms with Gasteiger partial charge in [0.1, 0.15) is 0 Å². The van der Waals surface area contributed by atoms with Gasteiger partial charge in [0.25, 0.3) is 0 Å². The lowest BCUT2D eigenvalue weighted by molar-refractivity contribution is -0.119. The van der Waals surface area contributed by atoms with E-state index in [0.717, 1.165) is 0 Å². The minimum Gasteiger partial charge on any atom is -0.353 e. The Bertz CT molecular complexity index is 619. The Balaban J connectivity index is 1.94. The highest BCUT2D eigenvalue weighted by molar-refractivity contribution is 7.76. The van der Waals surface area contributed by atoms with Crippen LogP contribution in [0.15, 0.2) is 60.7 Å². The molecule has 5 radical (unpaired) electrons. The van der Waals surface area contributed by atoms with E-state index in [9.17, 15) is 4.79 Å². The Kier molecular flexibility index (Phi) is 5.68. The first-order valence-corrected chi connectivity index (χ1v) is 9.44. The van der Waals surface area contributed by atoms with Crippen molar-refractivity contribution in [1.29, 1.82) is 0 Å². The van der Waals surface area contributed by atoms with Crippen molar-refractivity contribution < 1.29 is 4.79 Å². The maximum Gasteiger partial charge on any atom is 0.217 e. The van der Waals surface area contributed by atoms with E-state index in [2.05, 4.69) is 73.1 Å². The summed E-state index contributed by atoms with van der Waals surface area (Å²) in [5.41, 5.74) is 1.31. The van der Waals surface area contributed by atoms with E-state index in [1.165, 1.54) is 22.2 Å². The molecule has 0 aliphatic heterocycles. The van der Waals surface area contributed by atoms with Gasteiger partial charge in [0.2, 0.25) is 5.91 Å². The number of hydrogen-bond acceptors (Lipinski definition) is 1. The fourth-order valence-electron chi connectivity index (χ4n) is 2.96. The molecule has 1 amide bonds. The molecule has 3 heteroatoms. The van der Waals surface area contributed by atoms with Crippen LogP contribution in [0.4, 0.5) is 0 Å². The standard InChI is InChI=1S/C21H21NOP/c1-16(22-17(2)23)20-14-9-15-21(20)24(18-10-5-3-6-11-18)19-12-7-4-8-13-19/h3-16H,1-2H3,(H,22,23)/t16-/m0/s1. The molecule has 1 saturated carbocycles. The zero-order chi connectivity index (χ0) is 16.9. The predicted octanol–water partition coefficient (Wildman–Crippen LogP) is 3.38. The second-order valence-electron chi connectivity index (χ2n) is 5.80. The maximum atomic E-state index is 11.5. The summed E-state index contributed by atoms with van der Waals surface area (Å²) in [6, 6.07) is 21.2. The van der Waals surface area contributed by atoms with Crippen LogP contribution >= 0.6 is 7.92 Å². The summed E-state index contributed by atoms with van der Waals surface area (Å²) in [5, 5.41) is 5.66. The third kappa shape index (κ3) is 3.87. The SMILES string of the molecule is CC(=O)N[C@@H](C)[C]1[CH][CH][CH][C]1P(c1ccccc1)c1ccccc1. The number of carbonyl (C=O) groups is 1. The van der Waals surface area contributed by atoms with Crippen LogP contribution in [0.1, 0.15) is 13.8 Å². The van der Waals surface area contributed by atoms with Gasteiger partial charge in [0.15, 0.2) is 0 Å². The number of rotatable bonds is 5. The fourth-order valence-corrected chi connectivity index (χ4v) is 5.51. The van der Waals surface area contributed by atoms with Gasteiger partial charge in [-0.3, -0.25) is 4.79 Å². The van der Waals surface area contributed by atoms with E-state index in [0.29, 0.717) is 0 Å². The van der Waals surface area contributed by atoms with Crippen LogP contribution in [-0.2, 0) is 4.79 Å². The summed E-state index contributed by atoms with van der Waals surface area (Å²) in [6.07, 6.45) is 6.40. The van der Waals surface area contributed by atoms with Crippen molar-refractivity contribution in [3.05, 3.63) is 91.5 Å². The van der Waals surface area contributed by atoms with Gasteiger partial charge < -0.3 is 5.32 Å². The molecule has 2 aromatic rings. The van der Waals surface area contributed by atoms with Crippen LogP contribution in [0.3, 0.4) is 0 Å². The smallest absolute Gasteiger partial charge is 0.217 e. The molecule has 0 aromatic heterocycles. The minimum absolute atomic E-state index is 0.00148. The average molecular weight is 334 g/mol. The average Bonchev–Trinajstić information content (AvgIpc) is 3.06. The highest BCUT2D eigenvalue weighted by Gasteiger charge is 2.39. The van der Waals surface area contributed by atoms with Crippen molar-refractivity contribution in [3.63, 3.8) is 0 Å². The molecular weight excluding hydrogens is 313 g/mol. The molecule has 2 nitrogen and oxygen atoms in total. The summed E-state index contributed by atoms with van der Waals surface area (Å²) < 4.78 is 0. The highest BCUT2D eigenvalue weighted by atomic mass is 31.1. The first-order valence-electron chi connectivity index (χ1n) is 8.10. The topological polar surface area (TPSA) is 29.1 Å². The van der Waals surface area contributed by atoms with Crippen LogP contribution in [-0.4, -0.2) is 11.9 Å². The molecule has 24 heavy (non-hydrogen) atoms. The first kappa shape index (κ1) is 17.2. The Labute approximate surface area is 146 Å². The van der Waals surface area contributed by atoms with Crippen molar-refractivity contribution in [1.82, 2.24) is 5.32 Å². The lowest BCUT2D eigenvalue weighted by Gasteiger charge is -2.32. The molecule has 1 fully saturated rings. The summed E-state index contributed by atoms with van der Waals surface area (Å²) >= 11 is 0. The number of carbonyl (C=O) groups excluding carboxylic acids is 1. The minimum atomic E-state index is -0.638. The van der Waals surface area contributed by atoms with Gasteiger partial charge in [-0.25, -0.2) is 0 Å². The van der Waals surface area contributed by atoms with Gasteiger partial charge in [-0.2, -0.15) is 0 Å². The van der Waals surface area contributed by atoms with Crippen LogP contribution in [0.2, 0.25) is 0 Å². The first-order chi connectivity index (χ1) is 11.7. The quantitative estimate of drug-likeness (QED) is 0.835. The van der Waals surface area contributed by atoms with Gasteiger partial charge in [-0.1, -0.05) is 60.7 Å². The third-order valence-corrected chi connectivity index (χ3v) is 6.50. The van der Waals surface area contributed by atoms with Crippen LogP contribution in [0.5, 0.6) is 0 Å². The van der Waals surface area contributed by atoms with Crippen LogP contribution < -0.4 is 15.9 Å². The Morgan fingerprint density at radius 1 is 0.917 bits per heavy atom. The number of amides is 1. The molecule has 0 saturated heterocycles. The molecule has 0 bridgehead atoms. The predicted molar refractivity (Wildman–Crippen MR) is 102 cm³/mol. The fraction of sp³-hybridized carbons (Fsp3) is 0.143. The molecule has 1 N–H and O–H groups in total. The van der Waals surface area contributed by atoms with Crippen molar-refractivity contribution in [2.45, 2.75) is 19.9 Å².